The normalized spacial score (nSPS) is 25.2. The Balaban J connectivity index is 2.09. The summed E-state index contributed by atoms with van der Waals surface area (Å²) in [6.07, 6.45) is 9.44. The Morgan fingerprint density at radius 1 is 0.823 bits per heavy atom. The maximum absolute atomic E-state index is 14.4. The van der Waals surface area contributed by atoms with Crippen molar-refractivity contribution in [1.82, 2.24) is 36.9 Å². The first-order valence-corrected chi connectivity index (χ1v) is 21.7. The molecule has 7 atom stereocenters. The maximum atomic E-state index is 14.4. The summed E-state index contributed by atoms with van der Waals surface area (Å²) < 4.78 is 0. The highest BCUT2D eigenvalue weighted by atomic mass is 16.2. The number of allylic oxidation sites excluding steroid dienone is 2. The molecule has 3 rings (SSSR count). The second-order valence-electron chi connectivity index (χ2n) is 16.5. The van der Waals surface area contributed by atoms with Crippen molar-refractivity contribution < 1.29 is 33.6 Å². The zero-order valence-electron chi connectivity index (χ0n) is 36.5. The lowest BCUT2D eigenvalue weighted by atomic mass is 9.91. The quantitative estimate of drug-likeness (QED) is 0.0942. The van der Waals surface area contributed by atoms with Gasteiger partial charge < -0.3 is 65.6 Å². The van der Waals surface area contributed by atoms with E-state index in [9.17, 15) is 33.6 Å². The number of primary amides is 1. The summed E-state index contributed by atoms with van der Waals surface area (Å²) in [4.78, 5) is 99.6. The number of aromatic amines is 1. The number of H-pyrrole nitrogens is 1. The minimum atomic E-state index is -1.54. The molecule has 344 valence electrons. The zero-order chi connectivity index (χ0) is 45.9. The first-order chi connectivity index (χ1) is 29.5. The second-order valence-corrected chi connectivity index (χ2v) is 16.5. The fourth-order valence-corrected chi connectivity index (χ4v) is 7.36. The summed E-state index contributed by atoms with van der Waals surface area (Å²) in [5.41, 5.74) is 27.4. The molecule has 1 aliphatic rings. The summed E-state index contributed by atoms with van der Waals surface area (Å²) >= 11 is 0. The van der Waals surface area contributed by atoms with E-state index in [0.717, 1.165) is 10.9 Å². The van der Waals surface area contributed by atoms with Crippen molar-refractivity contribution in [1.29, 1.82) is 0 Å². The molecule has 62 heavy (non-hydrogen) atoms. The molecule has 0 aliphatic carbocycles. The maximum Gasteiger partial charge on any atom is 0.246 e. The predicted molar refractivity (Wildman–Crippen MR) is 237 cm³/mol. The first kappa shape index (κ1) is 51.0. The van der Waals surface area contributed by atoms with Gasteiger partial charge >= 0.3 is 0 Å². The molecule has 2 heterocycles. The number of aromatic nitrogens is 1. The number of para-hydroxylation sites is 1. The molecule has 17 N–H and O–H groups in total. The first-order valence-electron chi connectivity index (χ1n) is 21.7. The summed E-state index contributed by atoms with van der Waals surface area (Å²) in [7, 11) is 0. The summed E-state index contributed by atoms with van der Waals surface area (Å²) in [5.74, 6) is -4.70. The van der Waals surface area contributed by atoms with Crippen LogP contribution in [-0.4, -0.2) is 107 Å². The van der Waals surface area contributed by atoms with Gasteiger partial charge in [-0.2, -0.15) is 0 Å². The van der Waals surface area contributed by atoms with Crippen LogP contribution in [0.1, 0.15) is 103 Å². The van der Waals surface area contributed by atoms with Gasteiger partial charge in [0.1, 0.15) is 35.2 Å². The summed E-state index contributed by atoms with van der Waals surface area (Å²) in [5, 5.41) is 17.5. The van der Waals surface area contributed by atoms with Gasteiger partial charge in [-0.05, 0) is 109 Å². The minimum Gasteiger partial charge on any atom is -0.368 e. The molecule has 0 fully saturated rings. The van der Waals surface area contributed by atoms with Crippen LogP contribution in [-0.2, 0) is 40.0 Å². The summed E-state index contributed by atoms with van der Waals surface area (Å²) in [6, 6.07) is 1.79. The molecule has 1 aliphatic heterocycles. The van der Waals surface area contributed by atoms with Gasteiger partial charge in [0.15, 0.2) is 0 Å². The van der Waals surface area contributed by atoms with E-state index in [1.807, 2.05) is 43.3 Å². The van der Waals surface area contributed by atoms with Gasteiger partial charge in [-0.15, -0.1) is 0 Å². The third-order valence-corrected chi connectivity index (χ3v) is 11.3. The lowest BCUT2D eigenvalue weighted by Gasteiger charge is -2.33. The molecule has 0 radical (unpaired) electrons. The average molecular weight is 867 g/mol. The fraction of sp³-hybridized carbons (Fsp3) is 0.605. The van der Waals surface area contributed by atoms with Crippen molar-refractivity contribution >= 4 is 52.3 Å². The van der Waals surface area contributed by atoms with Crippen molar-refractivity contribution in [3.05, 3.63) is 48.2 Å². The molecule has 19 heteroatoms. The van der Waals surface area contributed by atoms with Crippen LogP contribution >= 0.6 is 0 Å². The Hall–Kier alpha value is -5.37. The number of carbonyl (C=O) groups excluding carboxylic acids is 7. The van der Waals surface area contributed by atoms with Crippen molar-refractivity contribution in [2.75, 3.05) is 19.6 Å². The van der Waals surface area contributed by atoms with Gasteiger partial charge in [-0.3, -0.25) is 33.6 Å². The SMILES string of the molecule is CCCC[C@@H]1NC(=O)[C@H](CCN)NC(=O)[C@H](Cc2c[nH]c3ccccc23)NC(=O)[C@@](C)(NC(=O)[C@@H](N)CCN)CCC/C=C/CCC[C@@](C)(C(=O)N[C@@H](CCN)C(N)=O)NC1=O. The number of fused-ring (bicyclic) bond motifs is 1. The van der Waals surface area contributed by atoms with Crippen LogP contribution in [0.25, 0.3) is 10.9 Å². The molecule has 0 bridgehead atoms. The van der Waals surface area contributed by atoms with Gasteiger partial charge in [-0.1, -0.05) is 50.1 Å². The topological polar surface area (TPSA) is 338 Å². The summed E-state index contributed by atoms with van der Waals surface area (Å²) in [6.45, 7) is 5.25. The standard InChI is InChI=1S/C43H70N12O7/c1-4-5-15-32-39(60)55-43(3,40(61)52-31(18-23-45)35(48)56)21-13-9-7-6-8-12-20-42(2,54-36(57)29(47)17-22-44)41(62)53-34(38(59)51-33(19-24-46)37(58)50-32)25-27-26-49-30-16-11-10-14-28(27)30/h6-7,10-11,14,16,26,29,31-34,49H,4-5,8-9,12-13,15,17-25,44-47H2,1-3H3,(H2,48,56)(H,50,58)(H,51,59)(H,52,61)(H,53,62)(H,54,57)(H,55,60)/b7-6+/t29-,31-,32-,33-,34-,42-,43-/m0/s1. The van der Waals surface area contributed by atoms with E-state index in [1.54, 1.807) is 20.0 Å². The molecule has 0 saturated carbocycles. The van der Waals surface area contributed by atoms with Crippen molar-refractivity contribution in [3.8, 4) is 0 Å². The van der Waals surface area contributed by atoms with E-state index < -0.39 is 82.6 Å². The number of amides is 7. The van der Waals surface area contributed by atoms with E-state index in [-0.39, 0.29) is 64.6 Å². The minimum absolute atomic E-state index is 0.00205. The predicted octanol–water partition coefficient (Wildman–Crippen LogP) is -0.641. The van der Waals surface area contributed by atoms with Crippen LogP contribution in [0.2, 0.25) is 0 Å². The Kier molecular flexibility index (Phi) is 20.5. The average Bonchev–Trinajstić information content (AvgIpc) is 3.64. The Morgan fingerprint density at radius 3 is 2.08 bits per heavy atom. The van der Waals surface area contributed by atoms with E-state index in [1.165, 1.54) is 0 Å². The molecular formula is C43H70N12O7. The molecule has 1 aromatic carbocycles. The third-order valence-electron chi connectivity index (χ3n) is 11.3. The van der Waals surface area contributed by atoms with Crippen LogP contribution in [0.5, 0.6) is 0 Å². The van der Waals surface area contributed by atoms with Crippen molar-refractivity contribution in [3.63, 3.8) is 0 Å². The monoisotopic (exact) mass is 867 g/mol. The van der Waals surface area contributed by atoms with Gasteiger partial charge in [0.2, 0.25) is 41.4 Å². The van der Waals surface area contributed by atoms with Gasteiger partial charge in [0.25, 0.3) is 0 Å². The van der Waals surface area contributed by atoms with Gasteiger partial charge in [0, 0.05) is 23.5 Å². The number of hydrogen-bond acceptors (Lipinski definition) is 11. The molecule has 0 saturated heterocycles. The van der Waals surface area contributed by atoms with E-state index in [2.05, 4.69) is 36.9 Å². The van der Waals surface area contributed by atoms with E-state index in [0.29, 0.717) is 44.1 Å². The Morgan fingerprint density at radius 2 is 1.45 bits per heavy atom. The van der Waals surface area contributed by atoms with Gasteiger partial charge in [0.05, 0.1) is 6.04 Å². The fourth-order valence-electron chi connectivity index (χ4n) is 7.36. The second kappa shape index (κ2) is 24.9. The van der Waals surface area contributed by atoms with Crippen LogP contribution in [0, 0.1) is 0 Å². The van der Waals surface area contributed by atoms with E-state index >= 15 is 0 Å². The molecular weight excluding hydrogens is 797 g/mol. The highest BCUT2D eigenvalue weighted by molar-refractivity contribution is 5.99. The molecule has 0 unspecified atom stereocenters. The highest BCUT2D eigenvalue weighted by Crippen LogP contribution is 2.22. The number of rotatable bonds is 16. The smallest absolute Gasteiger partial charge is 0.246 e. The van der Waals surface area contributed by atoms with Crippen LogP contribution < -0.4 is 60.6 Å². The van der Waals surface area contributed by atoms with Crippen molar-refractivity contribution in [2.45, 2.75) is 146 Å². The third kappa shape index (κ3) is 14.9. The van der Waals surface area contributed by atoms with Gasteiger partial charge in [-0.25, -0.2) is 0 Å². The largest absolute Gasteiger partial charge is 0.368 e. The molecule has 2 aromatic rings. The number of carbonyl (C=O) groups is 7. The molecule has 7 amide bonds. The molecule has 1 aromatic heterocycles. The Bertz CT molecular complexity index is 1870. The van der Waals surface area contributed by atoms with E-state index in [4.69, 9.17) is 28.7 Å². The number of nitrogens with two attached hydrogens (primary N) is 5. The zero-order valence-corrected chi connectivity index (χ0v) is 36.5. The van der Waals surface area contributed by atoms with Crippen LogP contribution in [0.4, 0.5) is 0 Å². The highest BCUT2D eigenvalue weighted by Gasteiger charge is 2.40. The lowest BCUT2D eigenvalue weighted by molar-refractivity contribution is -0.138. The number of nitrogens with one attached hydrogen (secondary N) is 7. The van der Waals surface area contributed by atoms with Crippen LogP contribution in [0.15, 0.2) is 42.6 Å². The number of unbranched alkanes of at least 4 members (excludes halogenated alkanes) is 1. The Labute approximate surface area is 364 Å². The van der Waals surface area contributed by atoms with Crippen molar-refractivity contribution in [2.24, 2.45) is 28.7 Å². The van der Waals surface area contributed by atoms with Crippen LogP contribution in [0.3, 0.4) is 0 Å². The molecule has 19 nitrogen and oxygen atoms in total. The molecule has 0 spiro atoms. The lowest BCUT2D eigenvalue weighted by Crippen LogP contribution is -2.64. The number of benzene rings is 1. The number of hydrogen-bond donors (Lipinski definition) is 12.